The van der Waals surface area contributed by atoms with Crippen LogP contribution in [-0.2, 0) is 11.3 Å². The summed E-state index contributed by atoms with van der Waals surface area (Å²) in [6, 6.07) is 1.29. The summed E-state index contributed by atoms with van der Waals surface area (Å²) in [7, 11) is 0. The van der Waals surface area contributed by atoms with Crippen LogP contribution >= 0.6 is 11.6 Å². The third-order valence-corrected chi connectivity index (χ3v) is 2.41. The maximum Gasteiger partial charge on any atom is 0.255 e. The third kappa shape index (κ3) is 4.11. The number of hydrogen-bond donors (Lipinski definition) is 1. The van der Waals surface area contributed by atoms with Crippen molar-refractivity contribution in [2.24, 2.45) is 0 Å². The molecule has 0 bridgehead atoms. The Kier molecular flexibility index (Phi) is 5.61. The lowest BCUT2D eigenvalue weighted by Gasteiger charge is -2.14. The molecule has 6 heteroatoms. The molecule has 1 rings (SSSR count). The number of aliphatic hydroxyl groups excluding tert-OH is 1. The summed E-state index contributed by atoms with van der Waals surface area (Å²) in [6.45, 7) is 4.92. The van der Waals surface area contributed by atoms with Crippen LogP contribution in [-0.4, -0.2) is 34.5 Å². The molecule has 0 unspecified atom stereocenters. The van der Waals surface area contributed by atoms with Crippen molar-refractivity contribution in [1.29, 1.82) is 0 Å². The van der Waals surface area contributed by atoms with E-state index in [9.17, 15) is 4.79 Å². The van der Waals surface area contributed by atoms with E-state index in [1.54, 1.807) is 4.57 Å². The van der Waals surface area contributed by atoms with Gasteiger partial charge in [0.15, 0.2) is 0 Å². The first-order chi connectivity index (χ1) is 8.06. The van der Waals surface area contributed by atoms with Crippen LogP contribution in [0.4, 0.5) is 0 Å². The molecule has 0 saturated carbocycles. The molecule has 0 fully saturated rings. The summed E-state index contributed by atoms with van der Waals surface area (Å²) in [5, 5.41) is 8.79. The third-order valence-electron chi connectivity index (χ3n) is 2.22. The van der Waals surface area contributed by atoms with E-state index >= 15 is 0 Å². The first-order valence-corrected chi connectivity index (χ1v) is 5.90. The zero-order chi connectivity index (χ0) is 12.8. The summed E-state index contributed by atoms with van der Waals surface area (Å²) in [5.74, 6) is 0.759. The molecule has 1 N–H and O–H groups in total. The van der Waals surface area contributed by atoms with Gasteiger partial charge in [-0.15, -0.1) is 0 Å². The van der Waals surface area contributed by atoms with Crippen LogP contribution < -0.4 is 5.56 Å². The van der Waals surface area contributed by atoms with Crippen LogP contribution in [0, 0.1) is 0 Å². The van der Waals surface area contributed by atoms with E-state index in [-0.39, 0.29) is 29.8 Å². The minimum Gasteiger partial charge on any atom is -0.394 e. The predicted octanol–water partition coefficient (Wildman–Crippen LogP) is 1.03. The van der Waals surface area contributed by atoms with Crippen molar-refractivity contribution in [3.63, 3.8) is 0 Å². The molecular formula is C11H17ClN2O3. The molecule has 0 aliphatic rings. The van der Waals surface area contributed by atoms with E-state index in [1.807, 2.05) is 13.8 Å². The van der Waals surface area contributed by atoms with Gasteiger partial charge in [0.05, 0.1) is 26.4 Å². The summed E-state index contributed by atoms with van der Waals surface area (Å²) in [5.41, 5.74) is -0.179. The molecule has 0 amide bonds. The number of halogens is 1. The monoisotopic (exact) mass is 260 g/mol. The summed E-state index contributed by atoms with van der Waals surface area (Å²) >= 11 is 5.76. The molecule has 17 heavy (non-hydrogen) atoms. The van der Waals surface area contributed by atoms with Gasteiger partial charge in [0.1, 0.15) is 11.0 Å². The smallest absolute Gasteiger partial charge is 0.255 e. The van der Waals surface area contributed by atoms with Crippen LogP contribution in [0.15, 0.2) is 10.9 Å². The van der Waals surface area contributed by atoms with Gasteiger partial charge in [-0.2, -0.15) is 0 Å². The fraction of sp³-hybridized carbons (Fsp3) is 0.636. The minimum atomic E-state index is -0.179. The molecule has 0 aliphatic heterocycles. The molecule has 1 heterocycles. The molecular weight excluding hydrogens is 244 g/mol. The maximum absolute atomic E-state index is 11.8. The van der Waals surface area contributed by atoms with Gasteiger partial charge in [0, 0.05) is 12.0 Å². The number of ether oxygens (including phenoxy) is 1. The fourth-order valence-electron chi connectivity index (χ4n) is 1.48. The number of aliphatic hydroxyl groups is 1. The van der Waals surface area contributed by atoms with Gasteiger partial charge in [0.2, 0.25) is 0 Å². The quantitative estimate of drug-likeness (QED) is 0.613. The Labute approximate surface area is 105 Å². The van der Waals surface area contributed by atoms with E-state index in [0.717, 1.165) is 0 Å². The molecule has 0 spiro atoms. The van der Waals surface area contributed by atoms with Gasteiger partial charge in [-0.25, -0.2) is 4.98 Å². The Balaban J connectivity index is 2.85. The Morgan fingerprint density at radius 3 is 2.82 bits per heavy atom. The van der Waals surface area contributed by atoms with Crippen molar-refractivity contribution in [2.75, 3.05) is 19.8 Å². The molecule has 1 aromatic heterocycles. The largest absolute Gasteiger partial charge is 0.394 e. The van der Waals surface area contributed by atoms with Gasteiger partial charge >= 0.3 is 0 Å². The number of rotatable bonds is 6. The Morgan fingerprint density at radius 2 is 2.24 bits per heavy atom. The zero-order valence-electron chi connectivity index (χ0n) is 10.0. The summed E-state index contributed by atoms with van der Waals surface area (Å²) in [6.07, 6.45) is 0. The molecule has 1 aromatic rings. The average molecular weight is 261 g/mol. The predicted molar refractivity (Wildman–Crippen MR) is 65.5 cm³/mol. The SMILES string of the molecule is CC(C)c1nc(Cl)cc(=O)n1CCOCCO. The van der Waals surface area contributed by atoms with E-state index < -0.39 is 0 Å². The first-order valence-electron chi connectivity index (χ1n) is 5.52. The lowest BCUT2D eigenvalue weighted by atomic mass is 10.2. The summed E-state index contributed by atoms with van der Waals surface area (Å²) < 4.78 is 6.69. The first kappa shape index (κ1) is 14.2. The van der Waals surface area contributed by atoms with Gasteiger partial charge in [-0.1, -0.05) is 25.4 Å². The number of aromatic nitrogens is 2. The molecule has 0 aromatic carbocycles. The lowest BCUT2D eigenvalue weighted by molar-refractivity contribution is 0.0858. The molecule has 5 nitrogen and oxygen atoms in total. The maximum atomic E-state index is 11.8. The molecule has 0 radical (unpaired) electrons. The average Bonchev–Trinajstić information content (AvgIpc) is 2.25. The van der Waals surface area contributed by atoms with Crippen LogP contribution in [0.25, 0.3) is 0 Å². The highest BCUT2D eigenvalue weighted by atomic mass is 35.5. The van der Waals surface area contributed by atoms with E-state index in [4.69, 9.17) is 21.4 Å². The van der Waals surface area contributed by atoms with Crippen LogP contribution in [0.5, 0.6) is 0 Å². The van der Waals surface area contributed by atoms with Crippen LogP contribution in [0.3, 0.4) is 0 Å². The highest BCUT2D eigenvalue weighted by molar-refractivity contribution is 6.29. The van der Waals surface area contributed by atoms with Crippen LogP contribution in [0.2, 0.25) is 5.15 Å². The topological polar surface area (TPSA) is 64.4 Å². The molecule has 0 atom stereocenters. The Morgan fingerprint density at radius 1 is 1.53 bits per heavy atom. The van der Waals surface area contributed by atoms with Gasteiger partial charge in [-0.3, -0.25) is 9.36 Å². The van der Waals surface area contributed by atoms with E-state index in [0.29, 0.717) is 19.0 Å². The van der Waals surface area contributed by atoms with Crippen molar-refractivity contribution in [2.45, 2.75) is 26.3 Å². The number of nitrogens with zero attached hydrogens (tertiary/aromatic N) is 2. The van der Waals surface area contributed by atoms with E-state index in [1.165, 1.54) is 6.07 Å². The second kappa shape index (κ2) is 6.74. The fourth-order valence-corrected chi connectivity index (χ4v) is 1.66. The number of hydrogen-bond acceptors (Lipinski definition) is 4. The van der Waals surface area contributed by atoms with Crippen molar-refractivity contribution in [3.8, 4) is 0 Å². The Bertz CT molecular complexity index is 418. The van der Waals surface area contributed by atoms with Crippen molar-refractivity contribution >= 4 is 11.6 Å². The van der Waals surface area contributed by atoms with E-state index in [2.05, 4.69) is 4.98 Å². The van der Waals surface area contributed by atoms with Gasteiger partial charge in [-0.05, 0) is 0 Å². The van der Waals surface area contributed by atoms with Crippen LogP contribution in [0.1, 0.15) is 25.6 Å². The highest BCUT2D eigenvalue weighted by Gasteiger charge is 2.10. The van der Waals surface area contributed by atoms with Gasteiger partial charge < -0.3 is 9.84 Å². The highest BCUT2D eigenvalue weighted by Crippen LogP contribution is 2.12. The second-order valence-electron chi connectivity index (χ2n) is 3.92. The minimum absolute atomic E-state index is 0.0230. The van der Waals surface area contributed by atoms with Gasteiger partial charge in [0.25, 0.3) is 5.56 Å². The molecule has 0 saturated heterocycles. The molecule has 0 aliphatic carbocycles. The zero-order valence-corrected chi connectivity index (χ0v) is 10.8. The van der Waals surface area contributed by atoms with Crippen molar-refractivity contribution in [3.05, 3.63) is 27.4 Å². The standard InChI is InChI=1S/C11H17ClN2O3/c1-8(2)11-13-9(12)7-10(16)14(11)3-5-17-6-4-15/h7-8,15H,3-6H2,1-2H3. The normalized spacial score (nSPS) is 11.1. The summed E-state index contributed by atoms with van der Waals surface area (Å²) in [4.78, 5) is 15.9. The van der Waals surface area contributed by atoms with Crippen molar-refractivity contribution in [1.82, 2.24) is 9.55 Å². The van der Waals surface area contributed by atoms with Crippen molar-refractivity contribution < 1.29 is 9.84 Å². The molecule has 96 valence electrons. The second-order valence-corrected chi connectivity index (χ2v) is 4.30. The lowest BCUT2D eigenvalue weighted by Crippen LogP contribution is -2.27. The Hall–Kier alpha value is -0.910.